The Balaban J connectivity index is 3.40. The molecule has 0 amide bonds. The van der Waals surface area contributed by atoms with Gasteiger partial charge in [-0.3, -0.25) is 0 Å². The zero-order chi connectivity index (χ0) is 11.7. The van der Waals surface area contributed by atoms with Gasteiger partial charge in [-0.25, -0.2) is 0 Å². The number of rotatable bonds is 9. The molecule has 92 valence electrons. The molecule has 0 aromatic rings. The van der Waals surface area contributed by atoms with Crippen LogP contribution in [-0.2, 0) is 4.12 Å². The Labute approximate surface area is 99.5 Å². The lowest BCUT2D eigenvalue weighted by Crippen LogP contribution is -2.34. The summed E-state index contributed by atoms with van der Waals surface area (Å²) in [5, 5.41) is 0. The van der Waals surface area contributed by atoms with Gasteiger partial charge in [0.15, 0.2) is 17.4 Å². The lowest BCUT2D eigenvalue weighted by atomic mass is 10.1. The number of hydrogen-bond donors (Lipinski definition) is 0. The summed E-state index contributed by atoms with van der Waals surface area (Å²) in [4.78, 5) is 0. The summed E-state index contributed by atoms with van der Waals surface area (Å²) in [6.45, 7) is 11.6. The third-order valence-electron chi connectivity index (χ3n) is 2.69. The molecule has 0 N–H and O–H groups in total. The Morgan fingerprint density at radius 2 is 1.47 bits per heavy atom. The van der Waals surface area contributed by atoms with Crippen LogP contribution in [0.5, 0.6) is 0 Å². The van der Waals surface area contributed by atoms with Gasteiger partial charge in [-0.15, -0.1) is 0 Å². The molecular formula is C12H30OSi2. The van der Waals surface area contributed by atoms with Gasteiger partial charge in [-0.05, 0) is 32.2 Å². The second-order valence-electron chi connectivity index (χ2n) is 5.44. The van der Waals surface area contributed by atoms with Crippen molar-refractivity contribution in [2.24, 2.45) is 0 Å². The minimum atomic E-state index is -1.27. The predicted octanol–water partition coefficient (Wildman–Crippen LogP) is 4.55. The van der Waals surface area contributed by atoms with Gasteiger partial charge in [0, 0.05) is 0 Å². The molecule has 3 heteroatoms. The van der Waals surface area contributed by atoms with Gasteiger partial charge in [0.2, 0.25) is 0 Å². The van der Waals surface area contributed by atoms with Crippen LogP contribution in [0.15, 0.2) is 0 Å². The predicted molar refractivity (Wildman–Crippen MR) is 75.6 cm³/mol. The highest BCUT2D eigenvalue weighted by atomic mass is 28.4. The van der Waals surface area contributed by atoms with Crippen molar-refractivity contribution >= 4 is 17.4 Å². The molecule has 0 aromatic carbocycles. The summed E-state index contributed by atoms with van der Waals surface area (Å²) >= 11 is 0. The quantitative estimate of drug-likeness (QED) is 0.428. The molecular weight excluding hydrogens is 216 g/mol. The normalized spacial score (nSPS) is 12.4. The van der Waals surface area contributed by atoms with E-state index in [1.807, 2.05) is 0 Å². The zero-order valence-electron chi connectivity index (χ0n) is 11.4. The smallest absolute Gasteiger partial charge is 0.173 e. The van der Waals surface area contributed by atoms with E-state index < -0.39 is 17.4 Å². The van der Waals surface area contributed by atoms with Crippen molar-refractivity contribution in [2.75, 3.05) is 0 Å². The van der Waals surface area contributed by atoms with E-state index in [0.29, 0.717) is 0 Å². The van der Waals surface area contributed by atoms with Crippen LogP contribution < -0.4 is 0 Å². The first-order chi connectivity index (χ1) is 6.98. The molecule has 0 saturated carbocycles. The average Bonchev–Trinajstić information content (AvgIpc) is 2.08. The molecule has 0 aliphatic heterocycles. The zero-order valence-corrected chi connectivity index (χ0v) is 13.6. The van der Waals surface area contributed by atoms with Gasteiger partial charge in [0.05, 0.1) is 0 Å². The molecule has 0 bridgehead atoms. The molecule has 15 heavy (non-hydrogen) atoms. The molecule has 0 rings (SSSR count). The van der Waals surface area contributed by atoms with Crippen molar-refractivity contribution in [1.82, 2.24) is 0 Å². The highest BCUT2D eigenvalue weighted by Crippen LogP contribution is 2.18. The Kier molecular flexibility index (Phi) is 8.76. The number of hydrogen-bond acceptors (Lipinski definition) is 1. The van der Waals surface area contributed by atoms with Crippen molar-refractivity contribution in [3.63, 3.8) is 0 Å². The van der Waals surface area contributed by atoms with Crippen LogP contribution in [0.1, 0.15) is 45.4 Å². The van der Waals surface area contributed by atoms with E-state index in [0.717, 1.165) is 0 Å². The lowest BCUT2D eigenvalue weighted by Gasteiger charge is -2.25. The summed E-state index contributed by atoms with van der Waals surface area (Å²) in [5.41, 5.74) is 0. The van der Waals surface area contributed by atoms with Crippen LogP contribution in [0.25, 0.3) is 0 Å². The van der Waals surface area contributed by atoms with Gasteiger partial charge >= 0.3 is 0 Å². The number of unbranched alkanes of at least 4 members (excludes halogenated alkanes) is 5. The van der Waals surface area contributed by atoms with Crippen LogP contribution in [-0.4, -0.2) is 17.4 Å². The minimum absolute atomic E-state index is 0.804. The van der Waals surface area contributed by atoms with E-state index in [-0.39, 0.29) is 0 Å². The molecule has 0 atom stereocenters. The van der Waals surface area contributed by atoms with Crippen LogP contribution in [0.3, 0.4) is 0 Å². The van der Waals surface area contributed by atoms with Crippen molar-refractivity contribution in [2.45, 2.75) is 77.7 Å². The third-order valence-corrected chi connectivity index (χ3v) is 8.68. The average molecular weight is 247 g/mol. The van der Waals surface area contributed by atoms with Crippen molar-refractivity contribution < 1.29 is 4.12 Å². The Morgan fingerprint density at radius 3 is 2.00 bits per heavy atom. The first-order valence-electron chi connectivity index (χ1n) is 6.66. The fourth-order valence-electron chi connectivity index (χ4n) is 2.03. The van der Waals surface area contributed by atoms with Crippen LogP contribution in [0.2, 0.25) is 32.2 Å². The molecule has 0 saturated heterocycles. The van der Waals surface area contributed by atoms with Gasteiger partial charge in [-0.1, -0.05) is 45.4 Å². The minimum Gasteiger partial charge on any atom is -0.458 e. The largest absolute Gasteiger partial charge is 0.458 e. The maximum Gasteiger partial charge on any atom is 0.173 e. The van der Waals surface area contributed by atoms with Crippen molar-refractivity contribution in [3.8, 4) is 0 Å². The van der Waals surface area contributed by atoms with Crippen LogP contribution >= 0.6 is 0 Å². The van der Waals surface area contributed by atoms with E-state index in [1.165, 1.54) is 44.6 Å². The third kappa shape index (κ3) is 10.7. The Morgan fingerprint density at radius 1 is 0.933 bits per heavy atom. The summed E-state index contributed by atoms with van der Waals surface area (Å²) in [6, 6.07) is 1.37. The highest BCUT2D eigenvalue weighted by Gasteiger charge is 2.22. The molecule has 0 aromatic heterocycles. The first kappa shape index (κ1) is 15.4. The second kappa shape index (κ2) is 8.53. The van der Waals surface area contributed by atoms with Crippen LogP contribution in [0, 0.1) is 0 Å². The fraction of sp³-hybridized carbons (Fsp3) is 1.00. The summed E-state index contributed by atoms with van der Waals surface area (Å²) in [7, 11) is -2.08. The summed E-state index contributed by atoms with van der Waals surface area (Å²) in [6.07, 6.45) is 8.43. The van der Waals surface area contributed by atoms with E-state index >= 15 is 0 Å². The fourth-order valence-corrected chi connectivity index (χ4v) is 8.71. The molecule has 0 fully saturated rings. The van der Waals surface area contributed by atoms with E-state index in [1.54, 1.807) is 0 Å². The molecule has 0 heterocycles. The monoisotopic (exact) mass is 246 g/mol. The first-order valence-corrected chi connectivity index (χ1v) is 12.6. The standard InChI is InChI=1S/C12H30OSi2/c1-6-7-8-9-10-11-12-15(4,5)13-14(2)3/h14H,6-12H2,1-5H3. The van der Waals surface area contributed by atoms with Gasteiger partial charge < -0.3 is 4.12 Å². The Bertz CT molecular complexity index is 147. The van der Waals surface area contributed by atoms with Gasteiger partial charge in [0.1, 0.15) is 0 Å². The second-order valence-corrected chi connectivity index (χ2v) is 12.5. The van der Waals surface area contributed by atoms with Gasteiger partial charge in [0.25, 0.3) is 0 Å². The maximum atomic E-state index is 6.14. The van der Waals surface area contributed by atoms with Crippen molar-refractivity contribution in [1.29, 1.82) is 0 Å². The topological polar surface area (TPSA) is 9.23 Å². The van der Waals surface area contributed by atoms with E-state index in [4.69, 9.17) is 4.12 Å². The molecule has 0 unspecified atom stereocenters. The molecule has 1 nitrogen and oxygen atoms in total. The van der Waals surface area contributed by atoms with E-state index in [2.05, 4.69) is 33.1 Å². The molecule has 0 aliphatic carbocycles. The SMILES string of the molecule is CCCCCCCC[Si](C)(C)O[SiH](C)C. The van der Waals surface area contributed by atoms with E-state index in [9.17, 15) is 0 Å². The lowest BCUT2D eigenvalue weighted by molar-refractivity contribution is 0.555. The van der Waals surface area contributed by atoms with Crippen LogP contribution in [0.4, 0.5) is 0 Å². The maximum absolute atomic E-state index is 6.14. The Hall–Kier alpha value is 0.394. The highest BCUT2D eigenvalue weighted by molar-refractivity contribution is 6.77. The molecule has 0 radical (unpaired) electrons. The summed E-state index contributed by atoms with van der Waals surface area (Å²) in [5.74, 6) is 0. The van der Waals surface area contributed by atoms with Crippen molar-refractivity contribution in [3.05, 3.63) is 0 Å². The molecule has 0 aliphatic rings. The van der Waals surface area contributed by atoms with Gasteiger partial charge in [-0.2, -0.15) is 0 Å². The molecule has 0 spiro atoms. The summed E-state index contributed by atoms with van der Waals surface area (Å²) < 4.78 is 6.14.